The van der Waals surface area contributed by atoms with Crippen molar-refractivity contribution in [1.29, 1.82) is 0 Å². The summed E-state index contributed by atoms with van der Waals surface area (Å²) in [6, 6.07) is -0.0387. The first-order valence-electron chi connectivity index (χ1n) is 8.50. The van der Waals surface area contributed by atoms with Crippen LogP contribution in [0.25, 0.3) is 0 Å². The summed E-state index contributed by atoms with van der Waals surface area (Å²) in [4.78, 5) is 23.2. The van der Waals surface area contributed by atoms with E-state index >= 15 is 0 Å². The number of unbranched alkanes of at least 4 members (excludes halogenated alkanes) is 1. The molecule has 27 heavy (non-hydrogen) atoms. The number of nitrogens with one attached hydrogen (secondary N) is 2. The van der Waals surface area contributed by atoms with Gasteiger partial charge < -0.3 is 10.6 Å². The minimum atomic E-state index is -2.23. The number of ketones is 1. The molecule has 2 N–H and O–H groups in total. The molecule has 0 spiro atoms. The summed E-state index contributed by atoms with van der Waals surface area (Å²) in [7, 11) is 0. The molecule has 0 aromatic heterocycles. The summed E-state index contributed by atoms with van der Waals surface area (Å²) in [6.07, 6.45) is 0.984. The number of Topliss-reactive ketones (excluding diaryl/α,β-unsaturated/α-hetero) is 1. The number of fused-ring (bicyclic) bond motifs is 1. The molecule has 2 aliphatic rings. The Hall–Kier alpha value is -1.84. The maximum Gasteiger partial charge on any atom is 0.315 e. The second-order valence-corrected chi connectivity index (χ2v) is 7.90. The molecule has 0 saturated carbocycles. The van der Waals surface area contributed by atoms with Crippen LogP contribution < -0.4 is 10.6 Å². The summed E-state index contributed by atoms with van der Waals surface area (Å²) in [5.74, 6) is -10.0. The van der Waals surface area contributed by atoms with Crippen molar-refractivity contribution in [3.8, 4) is 0 Å². The number of rotatable bonds is 7. The quantitative estimate of drug-likeness (QED) is 0.240. The van der Waals surface area contributed by atoms with E-state index in [2.05, 4.69) is 10.6 Å². The van der Waals surface area contributed by atoms with E-state index in [0.717, 1.165) is 12.2 Å². The van der Waals surface area contributed by atoms with E-state index in [1.165, 1.54) is 0 Å². The van der Waals surface area contributed by atoms with Crippen LogP contribution in [-0.4, -0.2) is 34.9 Å². The Bertz CT molecular complexity index is 747. The van der Waals surface area contributed by atoms with Gasteiger partial charge in [0.15, 0.2) is 23.3 Å². The number of hydrogen-bond acceptors (Lipinski definition) is 3. The van der Waals surface area contributed by atoms with Gasteiger partial charge in [-0.05, 0) is 12.8 Å². The van der Waals surface area contributed by atoms with Gasteiger partial charge >= 0.3 is 6.03 Å². The van der Waals surface area contributed by atoms with Crippen molar-refractivity contribution < 1.29 is 31.5 Å². The van der Waals surface area contributed by atoms with Gasteiger partial charge in [-0.15, -0.1) is 0 Å². The van der Waals surface area contributed by atoms with Gasteiger partial charge in [0, 0.05) is 29.4 Å². The molecule has 10 heteroatoms. The van der Waals surface area contributed by atoms with Crippen molar-refractivity contribution in [2.45, 2.75) is 49.4 Å². The molecule has 148 valence electrons. The summed E-state index contributed by atoms with van der Waals surface area (Å²) in [6.45, 7) is 0. The second-order valence-electron chi connectivity index (χ2n) is 6.63. The predicted octanol–water partition coefficient (Wildman–Crippen LogP) is 3.22. The largest absolute Gasteiger partial charge is 0.332 e. The Morgan fingerprint density at radius 1 is 0.963 bits per heavy atom. The molecule has 4 nitrogen and oxygen atoms in total. The fourth-order valence-electron chi connectivity index (χ4n) is 3.40. The Balaban J connectivity index is 1.48. The van der Waals surface area contributed by atoms with E-state index in [-0.39, 0.29) is 29.8 Å². The van der Waals surface area contributed by atoms with Crippen molar-refractivity contribution in [2.24, 2.45) is 0 Å². The fraction of sp³-hybridized carbons (Fsp3) is 0.529. The first kappa shape index (κ1) is 19.9. The average Bonchev–Trinajstić information content (AvgIpc) is 3.18. The minimum absolute atomic E-state index is 0.0183. The number of thioether (sulfide) groups is 1. The zero-order valence-corrected chi connectivity index (χ0v) is 14.9. The number of halogens is 5. The zero-order valence-electron chi connectivity index (χ0n) is 14.1. The molecule has 2 aliphatic heterocycles. The van der Waals surface area contributed by atoms with Crippen molar-refractivity contribution in [1.82, 2.24) is 10.6 Å². The lowest BCUT2D eigenvalue weighted by Crippen LogP contribution is -2.36. The molecule has 3 unspecified atom stereocenters. The summed E-state index contributed by atoms with van der Waals surface area (Å²) < 4.78 is 66.5. The number of urea groups is 1. The molecular weight excluding hydrogens is 391 g/mol. The Morgan fingerprint density at radius 2 is 1.59 bits per heavy atom. The third kappa shape index (κ3) is 4.04. The SMILES string of the molecule is O=C(CCCCC1SCC2NC(=O)NC21)Cc1c(F)c(F)c(F)c(F)c1F. The van der Waals surface area contributed by atoms with E-state index in [1.54, 1.807) is 11.8 Å². The van der Waals surface area contributed by atoms with Gasteiger partial charge in [0.05, 0.1) is 12.1 Å². The van der Waals surface area contributed by atoms with Gasteiger partial charge in [-0.3, -0.25) is 4.79 Å². The Morgan fingerprint density at radius 3 is 2.26 bits per heavy atom. The zero-order chi connectivity index (χ0) is 19.7. The maximum absolute atomic E-state index is 13.6. The Kier molecular flexibility index (Phi) is 5.92. The van der Waals surface area contributed by atoms with Crippen molar-refractivity contribution in [2.75, 3.05) is 5.75 Å². The van der Waals surface area contributed by atoms with Crippen molar-refractivity contribution in [3.05, 3.63) is 34.6 Å². The first-order chi connectivity index (χ1) is 12.8. The molecular formula is C17H17F5N2O2S. The lowest BCUT2D eigenvalue weighted by molar-refractivity contribution is -0.118. The summed E-state index contributed by atoms with van der Waals surface area (Å²) in [5, 5.41) is 5.90. The van der Waals surface area contributed by atoms with E-state index < -0.39 is 46.9 Å². The van der Waals surface area contributed by atoms with Gasteiger partial charge in [0.2, 0.25) is 5.82 Å². The second kappa shape index (κ2) is 8.04. The molecule has 2 fully saturated rings. The highest BCUT2D eigenvalue weighted by Gasteiger charge is 2.42. The van der Waals surface area contributed by atoms with Crippen LogP contribution in [0.15, 0.2) is 0 Å². The number of hydrogen-bond donors (Lipinski definition) is 2. The molecule has 2 amide bonds. The third-order valence-electron chi connectivity index (χ3n) is 4.81. The smallest absolute Gasteiger partial charge is 0.315 e. The lowest BCUT2D eigenvalue weighted by atomic mass is 10.00. The average molecular weight is 408 g/mol. The van der Waals surface area contributed by atoms with Crippen molar-refractivity contribution in [3.63, 3.8) is 0 Å². The molecule has 0 bridgehead atoms. The van der Waals surface area contributed by atoms with Crippen LogP contribution >= 0.6 is 11.8 Å². The number of carbonyl (C=O) groups excluding carboxylic acids is 2. The maximum atomic E-state index is 13.6. The normalized spacial score (nSPS) is 23.9. The molecule has 0 aliphatic carbocycles. The van der Waals surface area contributed by atoms with Crippen LogP contribution in [0.5, 0.6) is 0 Å². The van der Waals surface area contributed by atoms with E-state index in [9.17, 15) is 31.5 Å². The van der Waals surface area contributed by atoms with E-state index in [4.69, 9.17) is 0 Å². The lowest BCUT2D eigenvalue weighted by Gasteiger charge is -2.16. The molecule has 3 rings (SSSR count). The topological polar surface area (TPSA) is 58.2 Å². The molecule has 2 saturated heterocycles. The highest BCUT2D eigenvalue weighted by atomic mass is 32.2. The summed E-state index contributed by atoms with van der Waals surface area (Å²) >= 11 is 1.73. The number of amides is 2. The third-order valence-corrected chi connectivity index (χ3v) is 6.32. The highest BCUT2D eigenvalue weighted by Crippen LogP contribution is 2.33. The highest BCUT2D eigenvalue weighted by molar-refractivity contribution is 8.00. The van der Waals surface area contributed by atoms with E-state index in [0.29, 0.717) is 12.8 Å². The summed E-state index contributed by atoms with van der Waals surface area (Å²) in [5.41, 5.74) is -1.09. The number of benzene rings is 1. The van der Waals surface area contributed by atoms with Crippen LogP contribution in [0.1, 0.15) is 31.2 Å². The first-order valence-corrected chi connectivity index (χ1v) is 9.55. The van der Waals surface area contributed by atoms with Gasteiger partial charge in [0.1, 0.15) is 5.78 Å². The van der Waals surface area contributed by atoms with Crippen LogP contribution in [-0.2, 0) is 11.2 Å². The van der Waals surface area contributed by atoms with Crippen LogP contribution in [0, 0.1) is 29.1 Å². The minimum Gasteiger partial charge on any atom is -0.332 e. The molecule has 0 radical (unpaired) electrons. The van der Waals surface area contributed by atoms with Gasteiger partial charge in [-0.25, -0.2) is 26.7 Å². The monoisotopic (exact) mass is 408 g/mol. The standard InChI is InChI=1S/C17H17F5N2O2S/c18-11-8(12(19)14(21)15(22)13(11)20)5-7(25)3-1-2-4-10-16-9(6-27-10)23-17(26)24-16/h9-10,16H,1-6H2,(H2,23,24,26). The molecule has 1 aromatic rings. The Labute approximate surface area is 156 Å². The van der Waals surface area contributed by atoms with Gasteiger partial charge in [-0.2, -0.15) is 11.8 Å². The number of carbonyl (C=O) groups is 2. The van der Waals surface area contributed by atoms with Crippen molar-refractivity contribution >= 4 is 23.6 Å². The van der Waals surface area contributed by atoms with Gasteiger partial charge in [-0.1, -0.05) is 6.42 Å². The van der Waals surface area contributed by atoms with Crippen LogP contribution in [0.4, 0.5) is 26.7 Å². The fourth-order valence-corrected chi connectivity index (χ4v) is 4.95. The van der Waals surface area contributed by atoms with Gasteiger partial charge in [0.25, 0.3) is 0 Å². The van der Waals surface area contributed by atoms with Crippen LogP contribution in [0.2, 0.25) is 0 Å². The van der Waals surface area contributed by atoms with E-state index in [1.807, 2.05) is 0 Å². The molecule has 3 atom stereocenters. The molecule has 2 heterocycles. The predicted molar refractivity (Wildman–Crippen MR) is 88.9 cm³/mol. The van der Waals surface area contributed by atoms with Crippen LogP contribution in [0.3, 0.4) is 0 Å². The molecule has 1 aromatic carbocycles.